The van der Waals surface area contributed by atoms with E-state index in [0.717, 1.165) is 30.8 Å². The molecule has 5 heteroatoms. The number of halogens is 1. The Kier molecular flexibility index (Phi) is 5.50. The zero-order valence-electron chi connectivity index (χ0n) is 15.4. The first-order valence-electron chi connectivity index (χ1n) is 9.67. The molecule has 0 aromatic heterocycles. The Morgan fingerprint density at radius 1 is 1.07 bits per heavy atom. The van der Waals surface area contributed by atoms with E-state index in [-0.39, 0.29) is 17.8 Å². The Morgan fingerprint density at radius 3 is 2.63 bits per heavy atom. The molecule has 0 N–H and O–H groups in total. The van der Waals surface area contributed by atoms with E-state index in [1.807, 2.05) is 23.1 Å². The SMILES string of the molecule is O=C(c1cccc(CN2CCCC2)c1)N1CCOC(c2ccc(F)cc2)C1. The van der Waals surface area contributed by atoms with Crippen molar-refractivity contribution in [3.05, 3.63) is 71.0 Å². The highest BCUT2D eigenvalue weighted by molar-refractivity contribution is 5.94. The Labute approximate surface area is 159 Å². The van der Waals surface area contributed by atoms with Gasteiger partial charge in [0.1, 0.15) is 11.9 Å². The van der Waals surface area contributed by atoms with Crippen LogP contribution in [0.3, 0.4) is 0 Å². The van der Waals surface area contributed by atoms with Gasteiger partial charge in [0.25, 0.3) is 5.91 Å². The van der Waals surface area contributed by atoms with Crippen molar-refractivity contribution in [1.82, 2.24) is 9.80 Å². The number of hydrogen-bond donors (Lipinski definition) is 0. The monoisotopic (exact) mass is 368 g/mol. The Morgan fingerprint density at radius 2 is 1.85 bits per heavy atom. The molecule has 27 heavy (non-hydrogen) atoms. The molecule has 1 unspecified atom stereocenters. The summed E-state index contributed by atoms with van der Waals surface area (Å²) in [4.78, 5) is 17.3. The highest BCUT2D eigenvalue weighted by atomic mass is 19.1. The van der Waals surface area contributed by atoms with Crippen LogP contribution in [0.1, 0.15) is 40.4 Å². The number of rotatable bonds is 4. The number of morpholine rings is 1. The molecule has 2 aliphatic heterocycles. The van der Waals surface area contributed by atoms with Crippen molar-refractivity contribution in [3.63, 3.8) is 0 Å². The number of carbonyl (C=O) groups is 1. The maximum Gasteiger partial charge on any atom is 0.254 e. The average molecular weight is 368 g/mol. The quantitative estimate of drug-likeness (QED) is 0.826. The topological polar surface area (TPSA) is 32.8 Å². The second-order valence-electron chi connectivity index (χ2n) is 7.35. The van der Waals surface area contributed by atoms with E-state index in [2.05, 4.69) is 11.0 Å². The summed E-state index contributed by atoms with van der Waals surface area (Å²) in [5.74, 6) is -0.231. The van der Waals surface area contributed by atoms with Crippen LogP contribution in [0, 0.1) is 5.82 Å². The van der Waals surface area contributed by atoms with Gasteiger partial charge in [-0.25, -0.2) is 4.39 Å². The van der Waals surface area contributed by atoms with Crippen LogP contribution in [-0.2, 0) is 11.3 Å². The molecular weight excluding hydrogens is 343 g/mol. The molecular formula is C22H25FN2O2. The van der Waals surface area contributed by atoms with E-state index in [4.69, 9.17) is 4.74 Å². The zero-order chi connectivity index (χ0) is 18.6. The predicted octanol–water partition coefficient (Wildman–Crippen LogP) is 3.64. The summed E-state index contributed by atoms with van der Waals surface area (Å²) < 4.78 is 19.0. The highest BCUT2D eigenvalue weighted by Gasteiger charge is 2.26. The zero-order valence-corrected chi connectivity index (χ0v) is 15.4. The second-order valence-corrected chi connectivity index (χ2v) is 7.35. The molecule has 2 aromatic carbocycles. The third-order valence-electron chi connectivity index (χ3n) is 5.37. The number of ether oxygens (including phenoxy) is 1. The number of benzene rings is 2. The van der Waals surface area contributed by atoms with E-state index in [1.54, 1.807) is 12.1 Å². The van der Waals surface area contributed by atoms with E-state index < -0.39 is 0 Å². The number of hydrogen-bond acceptors (Lipinski definition) is 3. The van der Waals surface area contributed by atoms with Crippen molar-refractivity contribution >= 4 is 5.91 Å². The Bertz CT molecular complexity index is 787. The van der Waals surface area contributed by atoms with Gasteiger partial charge in [-0.3, -0.25) is 9.69 Å². The predicted molar refractivity (Wildman–Crippen MR) is 102 cm³/mol. The first kappa shape index (κ1) is 18.1. The van der Waals surface area contributed by atoms with Gasteiger partial charge >= 0.3 is 0 Å². The van der Waals surface area contributed by atoms with Gasteiger partial charge in [0.2, 0.25) is 0 Å². The maximum atomic E-state index is 13.2. The summed E-state index contributed by atoms with van der Waals surface area (Å²) >= 11 is 0. The van der Waals surface area contributed by atoms with Crippen LogP contribution in [-0.4, -0.2) is 48.5 Å². The van der Waals surface area contributed by atoms with Gasteiger partial charge in [-0.1, -0.05) is 24.3 Å². The molecule has 4 nitrogen and oxygen atoms in total. The van der Waals surface area contributed by atoms with E-state index in [9.17, 15) is 9.18 Å². The summed E-state index contributed by atoms with van der Waals surface area (Å²) in [5, 5.41) is 0. The van der Waals surface area contributed by atoms with Gasteiger partial charge in [-0.05, 0) is 61.3 Å². The van der Waals surface area contributed by atoms with Crippen molar-refractivity contribution in [2.75, 3.05) is 32.8 Å². The van der Waals surface area contributed by atoms with Gasteiger partial charge in [0.05, 0.1) is 13.2 Å². The van der Waals surface area contributed by atoms with Crippen LogP contribution < -0.4 is 0 Å². The minimum absolute atomic E-state index is 0.0358. The second kappa shape index (κ2) is 8.19. The summed E-state index contributed by atoms with van der Waals surface area (Å²) in [7, 11) is 0. The minimum Gasteiger partial charge on any atom is -0.370 e. The molecule has 4 rings (SSSR count). The molecule has 1 amide bonds. The fourth-order valence-corrected chi connectivity index (χ4v) is 3.90. The van der Waals surface area contributed by atoms with Crippen LogP contribution >= 0.6 is 0 Å². The van der Waals surface area contributed by atoms with Crippen molar-refractivity contribution in [2.24, 2.45) is 0 Å². The minimum atomic E-state index is -0.266. The largest absolute Gasteiger partial charge is 0.370 e. The molecule has 2 heterocycles. The molecule has 2 saturated heterocycles. The molecule has 2 aromatic rings. The van der Waals surface area contributed by atoms with Gasteiger partial charge in [0.15, 0.2) is 0 Å². The van der Waals surface area contributed by atoms with Gasteiger partial charge < -0.3 is 9.64 Å². The fourth-order valence-electron chi connectivity index (χ4n) is 3.90. The number of amides is 1. The average Bonchev–Trinajstić information content (AvgIpc) is 3.21. The van der Waals surface area contributed by atoms with Crippen LogP contribution in [0.25, 0.3) is 0 Å². The fraction of sp³-hybridized carbons (Fsp3) is 0.409. The van der Waals surface area contributed by atoms with Crippen molar-refractivity contribution < 1.29 is 13.9 Å². The first-order chi connectivity index (χ1) is 13.2. The lowest BCUT2D eigenvalue weighted by atomic mass is 10.1. The third-order valence-corrected chi connectivity index (χ3v) is 5.37. The number of nitrogens with zero attached hydrogens (tertiary/aromatic N) is 2. The third kappa shape index (κ3) is 4.37. The molecule has 1 atom stereocenters. The van der Waals surface area contributed by atoms with Crippen molar-refractivity contribution in [2.45, 2.75) is 25.5 Å². The van der Waals surface area contributed by atoms with E-state index in [1.165, 1.54) is 30.5 Å². The molecule has 0 aliphatic carbocycles. The molecule has 0 radical (unpaired) electrons. The van der Waals surface area contributed by atoms with Crippen LogP contribution in [0.15, 0.2) is 48.5 Å². The van der Waals surface area contributed by atoms with Crippen LogP contribution in [0.5, 0.6) is 0 Å². The lowest BCUT2D eigenvalue weighted by Crippen LogP contribution is -2.42. The standard InChI is InChI=1S/C22H25FN2O2/c23-20-8-6-18(7-9-20)21-16-25(12-13-27-21)22(26)19-5-3-4-17(14-19)15-24-10-1-2-11-24/h3-9,14,21H,1-2,10-13,15-16H2. The summed E-state index contributed by atoms with van der Waals surface area (Å²) in [6.07, 6.45) is 2.31. The van der Waals surface area contributed by atoms with Crippen LogP contribution in [0.4, 0.5) is 4.39 Å². The first-order valence-corrected chi connectivity index (χ1v) is 9.67. The summed E-state index contributed by atoms with van der Waals surface area (Å²) in [6, 6.07) is 14.3. The van der Waals surface area contributed by atoms with Crippen molar-refractivity contribution in [1.29, 1.82) is 0 Å². The molecule has 2 fully saturated rings. The molecule has 0 bridgehead atoms. The van der Waals surface area contributed by atoms with Gasteiger partial charge in [-0.2, -0.15) is 0 Å². The Hall–Kier alpha value is -2.24. The van der Waals surface area contributed by atoms with E-state index >= 15 is 0 Å². The highest BCUT2D eigenvalue weighted by Crippen LogP contribution is 2.24. The maximum absolute atomic E-state index is 13.2. The number of likely N-dealkylation sites (tertiary alicyclic amines) is 1. The number of carbonyl (C=O) groups excluding carboxylic acids is 1. The smallest absolute Gasteiger partial charge is 0.254 e. The Balaban J connectivity index is 1.44. The van der Waals surface area contributed by atoms with Gasteiger partial charge in [-0.15, -0.1) is 0 Å². The molecule has 0 spiro atoms. The summed E-state index contributed by atoms with van der Waals surface area (Å²) in [5.41, 5.74) is 2.81. The molecule has 0 saturated carbocycles. The lowest BCUT2D eigenvalue weighted by molar-refractivity contribution is -0.0228. The van der Waals surface area contributed by atoms with E-state index in [0.29, 0.717) is 19.7 Å². The molecule has 142 valence electrons. The normalized spacial score (nSPS) is 20.8. The summed E-state index contributed by atoms with van der Waals surface area (Å²) in [6.45, 7) is 4.74. The van der Waals surface area contributed by atoms with Crippen LogP contribution in [0.2, 0.25) is 0 Å². The van der Waals surface area contributed by atoms with Gasteiger partial charge in [0, 0.05) is 18.7 Å². The van der Waals surface area contributed by atoms with Crippen molar-refractivity contribution in [3.8, 4) is 0 Å². The lowest BCUT2D eigenvalue weighted by Gasteiger charge is -2.33. The molecule has 2 aliphatic rings.